The number of carbonyl (C=O) groups is 1. The maximum Gasteiger partial charge on any atom is 0.328 e. The van der Waals surface area contributed by atoms with Gasteiger partial charge in [-0.25, -0.2) is 8.42 Å². The Hall–Kier alpha value is -2.71. The lowest BCUT2D eigenvalue weighted by Crippen LogP contribution is -2.52. The molecule has 7 nitrogen and oxygen atoms in total. The number of aromatic nitrogens is 2. The molecule has 1 aromatic heterocycles. The fourth-order valence-corrected chi connectivity index (χ4v) is 5.36. The third-order valence-electron chi connectivity index (χ3n) is 4.99. The number of benzene rings is 2. The molecule has 0 atom stereocenters. The minimum Gasteiger partial charge on any atom is -0.454 e. The van der Waals surface area contributed by atoms with Gasteiger partial charge in [-0.05, 0) is 55.7 Å². The van der Waals surface area contributed by atoms with Crippen molar-refractivity contribution < 1.29 is 22.4 Å². The first-order valence-electron chi connectivity index (χ1n) is 8.98. The largest absolute Gasteiger partial charge is 0.454 e. The lowest BCUT2D eigenvalue weighted by Gasteiger charge is -2.38. The molecule has 29 heavy (non-hydrogen) atoms. The Balaban J connectivity index is 1.50. The van der Waals surface area contributed by atoms with Crippen LogP contribution in [0.25, 0.3) is 11.5 Å². The van der Waals surface area contributed by atoms with Gasteiger partial charge in [0.1, 0.15) is 0 Å². The molecule has 1 fully saturated rings. The Bertz CT molecular complexity index is 1120. The minimum atomic E-state index is -3.92. The van der Waals surface area contributed by atoms with Gasteiger partial charge in [-0.15, -0.1) is 10.2 Å². The zero-order valence-electron chi connectivity index (χ0n) is 15.2. The second-order valence-electron chi connectivity index (χ2n) is 6.75. The molecule has 0 unspecified atom stereocenters. The lowest BCUT2D eigenvalue weighted by atomic mass is 9.84. The fraction of sp³-hybridized carbons (Fsp3) is 0.250. The highest BCUT2D eigenvalue weighted by Gasteiger charge is 2.57. The Morgan fingerprint density at radius 3 is 2.38 bits per heavy atom. The Labute approximate surface area is 172 Å². The van der Waals surface area contributed by atoms with E-state index in [0.717, 1.165) is 5.56 Å². The summed E-state index contributed by atoms with van der Waals surface area (Å²) in [7, 11) is -3.92. The SMILES string of the molecule is O=C(OCc1nnc(-c2ccccc2)o1)C1(S(=O)(=O)c2ccc(Cl)cc2)CCC1. The molecule has 0 radical (unpaired) electrons. The maximum absolute atomic E-state index is 13.1. The van der Waals surface area contributed by atoms with E-state index in [4.69, 9.17) is 20.8 Å². The number of esters is 1. The molecule has 4 rings (SSSR count). The Morgan fingerprint density at radius 1 is 1.07 bits per heavy atom. The van der Waals surface area contributed by atoms with Crippen LogP contribution in [0.5, 0.6) is 0 Å². The van der Waals surface area contributed by atoms with E-state index < -0.39 is 20.6 Å². The predicted octanol–water partition coefficient (Wildman–Crippen LogP) is 3.83. The van der Waals surface area contributed by atoms with E-state index in [9.17, 15) is 13.2 Å². The number of hydrogen-bond acceptors (Lipinski definition) is 7. The third kappa shape index (κ3) is 3.54. The van der Waals surface area contributed by atoms with E-state index in [-0.39, 0.29) is 30.2 Å². The van der Waals surface area contributed by atoms with Crippen LogP contribution in [0.4, 0.5) is 0 Å². The molecule has 1 aliphatic carbocycles. The average Bonchev–Trinajstić information content (AvgIpc) is 3.15. The molecular formula is C20H17ClN2O5S. The number of rotatable bonds is 6. The van der Waals surface area contributed by atoms with Gasteiger partial charge in [0, 0.05) is 10.6 Å². The van der Waals surface area contributed by atoms with Crippen molar-refractivity contribution in [1.29, 1.82) is 0 Å². The van der Waals surface area contributed by atoms with Crippen molar-refractivity contribution in [3.05, 3.63) is 65.5 Å². The van der Waals surface area contributed by atoms with Crippen LogP contribution < -0.4 is 0 Å². The van der Waals surface area contributed by atoms with Gasteiger partial charge < -0.3 is 9.15 Å². The molecule has 0 bridgehead atoms. The van der Waals surface area contributed by atoms with Gasteiger partial charge in [0.2, 0.25) is 5.89 Å². The molecule has 2 aromatic carbocycles. The van der Waals surface area contributed by atoms with Gasteiger partial charge >= 0.3 is 5.97 Å². The summed E-state index contributed by atoms with van der Waals surface area (Å²) in [6, 6.07) is 14.9. The summed E-state index contributed by atoms with van der Waals surface area (Å²) in [4.78, 5) is 12.8. The summed E-state index contributed by atoms with van der Waals surface area (Å²) in [5.74, 6) is -0.419. The zero-order valence-corrected chi connectivity index (χ0v) is 16.8. The molecule has 0 spiro atoms. The van der Waals surface area contributed by atoms with Gasteiger partial charge in [-0.1, -0.05) is 29.8 Å². The molecule has 9 heteroatoms. The van der Waals surface area contributed by atoms with Gasteiger partial charge in [-0.3, -0.25) is 4.79 Å². The van der Waals surface area contributed by atoms with Crippen LogP contribution in [-0.4, -0.2) is 29.3 Å². The summed E-state index contributed by atoms with van der Waals surface area (Å²) in [5.41, 5.74) is 0.735. The topological polar surface area (TPSA) is 99.4 Å². The van der Waals surface area contributed by atoms with E-state index >= 15 is 0 Å². The monoisotopic (exact) mass is 432 g/mol. The zero-order chi connectivity index (χ0) is 20.5. The lowest BCUT2D eigenvalue weighted by molar-refractivity contribution is -0.151. The van der Waals surface area contributed by atoms with E-state index in [1.807, 2.05) is 30.3 Å². The highest BCUT2D eigenvalue weighted by Crippen LogP contribution is 2.44. The van der Waals surface area contributed by atoms with Crippen molar-refractivity contribution in [1.82, 2.24) is 10.2 Å². The van der Waals surface area contributed by atoms with Crippen LogP contribution in [0.2, 0.25) is 5.02 Å². The van der Waals surface area contributed by atoms with Crippen LogP contribution >= 0.6 is 11.6 Å². The second-order valence-corrected chi connectivity index (χ2v) is 9.44. The van der Waals surface area contributed by atoms with Gasteiger partial charge in [-0.2, -0.15) is 0 Å². The molecule has 0 amide bonds. The molecule has 0 saturated heterocycles. The van der Waals surface area contributed by atoms with Crippen molar-refractivity contribution in [2.45, 2.75) is 35.5 Å². The minimum absolute atomic E-state index is 0.0442. The van der Waals surface area contributed by atoms with Crippen LogP contribution in [0.15, 0.2) is 63.9 Å². The van der Waals surface area contributed by atoms with Crippen LogP contribution in [0.1, 0.15) is 25.2 Å². The Morgan fingerprint density at radius 2 is 1.76 bits per heavy atom. The van der Waals surface area contributed by atoms with E-state index in [0.29, 0.717) is 17.3 Å². The summed E-state index contributed by atoms with van der Waals surface area (Å²) >= 11 is 5.84. The smallest absolute Gasteiger partial charge is 0.328 e. The standard InChI is InChI=1S/C20H17ClN2O5S/c21-15-7-9-16(10-8-15)29(25,26)20(11-4-12-20)19(24)27-13-17-22-23-18(28-17)14-5-2-1-3-6-14/h1-3,5-10H,4,11-13H2. The predicted molar refractivity (Wildman–Crippen MR) is 105 cm³/mol. The molecule has 0 N–H and O–H groups in total. The number of halogens is 1. The van der Waals surface area contributed by atoms with Crippen molar-refractivity contribution in [3.63, 3.8) is 0 Å². The highest BCUT2D eigenvalue weighted by molar-refractivity contribution is 7.93. The van der Waals surface area contributed by atoms with Crippen LogP contribution in [-0.2, 0) is 26.0 Å². The molecule has 150 valence electrons. The van der Waals surface area contributed by atoms with Crippen molar-refractivity contribution in [2.24, 2.45) is 0 Å². The van der Waals surface area contributed by atoms with Gasteiger partial charge in [0.25, 0.3) is 5.89 Å². The quantitative estimate of drug-likeness (QED) is 0.545. The highest BCUT2D eigenvalue weighted by atomic mass is 35.5. The number of nitrogens with zero attached hydrogens (tertiary/aromatic N) is 2. The molecule has 1 heterocycles. The summed E-state index contributed by atoms with van der Waals surface area (Å²) < 4.78 is 35.4. The first kappa shape index (κ1) is 19.6. The second kappa shape index (κ2) is 7.61. The number of sulfone groups is 1. The van der Waals surface area contributed by atoms with Gasteiger partial charge in [0.05, 0.1) is 4.90 Å². The van der Waals surface area contributed by atoms with Crippen LogP contribution in [0.3, 0.4) is 0 Å². The third-order valence-corrected chi connectivity index (χ3v) is 7.73. The Kier molecular flexibility index (Phi) is 5.14. The van der Waals surface area contributed by atoms with Crippen molar-refractivity contribution >= 4 is 27.4 Å². The normalized spacial score (nSPS) is 15.5. The molecule has 1 saturated carbocycles. The number of ether oxygens (including phenoxy) is 1. The molecule has 3 aromatic rings. The summed E-state index contributed by atoms with van der Waals surface area (Å²) in [6.07, 6.45) is 1.03. The first-order chi connectivity index (χ1) is 13.9. The maximum atomic E-state index is 13.1. The molecular weight excluding hydrogens is 416 g/mol. The van der Waals surface area contributed by atoms with Crippen molar-refractivity contribution in [3.8, 4) is 11.5 Å². The number of carbonyl (C=O) groups excluding carboxylic acids is 1. The molecule has 0 aliphatic heterocycles. The average molecular weight is 433 g/mol. The summed E-state index contributed by atoms with van der Waals surface area (Å²) in [5, 5.41) is 8.21. The van der Waals surface area contributed by atoms with E-state index in [2.05, 4.69) is 10.2 Å². The number of hydrogen-bond donors (Lipinski definition) is 0. The fourth-order valence-electron chi connectivity index (χ4n) is 3.19. The van der Waals surface area contributed by atoms with E-state index in [1.54, 1.807) is 0 Å². The van der Waals surface area contributed by atoms with Gasteiger partial charge in [0.15, 0.2) is 21.2 Å². The first-order valence-corrected chi connectivity index (χ1v) is 10.8. The van der Waals surface area contributed by atoms with Crippen molar-refractivity contribution in [2.75, 3.05) is 0 Å². The van der Waals surface area contributed by atoms with Crippen LogP contribution in [0, 0.1) is 0 Å². The van der Waals surface area contributed by atoms with E-state index in [1.165, 1.54) is 24.3 Å². The summed E-state index contributed by atoms with van der Waals surface area (Å²) in [6.45, 7) is -0.295. The molecule has 1 aliphatic rings.